The predicted octanol–water partition coefficient (Wildman–Crippen LogP) is 3.24. The van der Waals surface area contributed by atoms with E-state index >= 15 is 0 Å². The van der Waals surface area contributed by atoms with Crippen molar-refractivity contribution < 1.29 is 9.90 Å². The van der Waals surface area contributed by atoms with Crippen molar-refractivity contribution in [2.45, 2.75) is 26.3 Å². The van der Waals surface area contributed by atoms with E-state index in [4.69, 9.17) is 16.7 Å². The van der Waals surface area contributed by atoms with Gasteiger partial charge in [-0.3, -0.25) is 4.79 Å². The van der Waals surface area contributed by atoms with E-state index in [-0.39, 0.29) is 24.5 Å². The third-order valence-electron chi connectivity index (χ3n) is 2.69. The van der Waals surface area contributed by atoms with Crippen molar-refractivity contribution in [3.63, 3.8) is 0 Å². The van der Waals surface area contributed by atoms with Gasteiger partial charge in [0.2, 0.25) is 0 Å². The van der Waals surface area contributed by atoms with Crippen LogP contribution < -0.4 is 5.32 Å². The fourth-order valence-corrected chi connectivity index (χ4v) is 2.51. The van der Waals surface area contributed by atoms with Gasteiger partial charge in [-0.2, -0.15) is 0 Å². The molecule has 5 heteroatoms. The van der Waals surface area contributed by atoms with Crippen LogP contribution in [0.5, 0.6) is 0 Å². The minimum Gasteiger partial charge on any atom is -0.396 e. The third kappa shape index (κ3) is 4.59. The molecule has 0 spiro atoms. The molecular formula is C13H17BrClNO2. The van der Waals surface area contributed by atoms with Gasteiger partial charge in [0.05, 0.1) is 0 Å². The quantitative estimate of drug-likeness (QED) is 0.868. The van der Waals surface area contributed by atoms with E-state index in [0.29, 0.717) is 17.0 Å². The third-order valence-corrected chi connectivity index (χ3v) is 3.36. The summed E-state index contributed by atoms with van der Waals surface area (Å²) < 4.78 is 0.767. The van der Waals surface area contributed by atoms with Crippen LogP contribution in [0.4, 0.5) is 0 Å². The lowest BCUT2D eigenvalue weighted by atomic mass is 10.0. The molecule has 2 N–H and O–H groups in total. The maximum atomic E-state index is 12.1. The number of nitrogens with one attached hydrogen (secondary N) is 1. The molecule has 0 aromatic heterocycles. The number of hydrogen-bond donors (Lipinski definition) is 2. The van der Waals surface area contributed by atoms with Gasteiger partial charge >= 0.3 is 0 Å². The van der Waals surface area contributed by atoms with E-state index in [1.807, 2.05) is 13.8 Å². The second-order valence-electron chi connectivity index (χ2n) is 4.49. The largest absolute Gasteiger partial charge is 0.396 e. The van der Waals surface area contributed by atoms with E-state index in [2.05, 4.69) is 21.2 Å². The minimum atomic E-state index is -0.176. The van der Waals surface area contributed by atoms with Gasteiger partial charge in [-0.15, -0.1) is 0 Å². The minimum absolute atomic E-state index is 0.0414. The Morgan fingerprint density at radius 1 is 1.44 bits per heavy atom. The Labute approximate surface area is 121 Å². The Morgan fingerprint density at radius 2 is 2.11 bits per heavy atom. The van der Waals surface area contributed by atoms with Crippen LogP contribution in [0.2, 0.25) is 5.02 Å². The predicted molar refractivity (Wildman–Crippen MR) is 76.9 cm³/mol. The molecule has 3 nitrogen and oxygen atoms in total. The maximum absolute atomic E-state index is 12.1. The number of aliphatic hydroxyl groups excluding tert-OH is 1. The topological polar surface area (TPSA) is 49.3 Å². The van der Waals surface area contributed by atoms with Crippen molar-refractivity contribution >= 4 is 33.4 Å². The van der Waals surface area contributed by atoms with E-state index in [0.717, 1.165) is 4.47 Å². The fraction of sp³-hybridized carbons (Fsp3) is 0.462. The highest BCUT2D eigenvalue weighted by Crippen LogP contribution is 2.20. The number of hydrogen-bond acceptors (Lipinski definition) is 2. The SMILES string of the molecule is CC(C)C(CCO)NC(=O)c1cc(Cl)cc(Br)c1. The molecule has 100 valence electrons. The molecule has 1 atom stereocenters. The summed E-state index contributed by atoms with van der Waals surface area (Å²) >= 11 is 9.21. The zero-order chi connectivity index (χ0) is 13.7. The van der Waals surface area contributed by atoms with Crippen LogP contribution in [0.15, 0.2) is 22.7 Å². The van der Waals surface area contributed by atoms with Crippen molar-refractivity contribution in [1.29, 1.82) is 0 Å². The van der Waals surface area contributed by atoms with Crippen molar-refractivity contribution in [1.82, 2.24) is 5.32 Å². The lowest BCUT2D eigenvalue weighted by molar-refractivity contribution is 0.0916. The van der Waals surface area contributed by atoms with Crippen LogP contribution in [0.25, 0.3) is 0 Å². The number of carbonyl (C=O) groups excluding carboxylic acids is 1. The highest BCUT2D eigenvalue weighted by molar-refractivity contribution is 9.10. The van der Waals surface area contributed by atoms with Gasteiger partial charge in [0, 0.05) is 27.7 Å². The highest BCUT2D eigenvalue weighted by Gasteiger charge is 2.17. The van der Waals surface area contributed by atoms with Gasteiger partial charge in [0.15, 0.2) is 0 Å². The van der Waals surface area contributed by atoms with Gasteiger partial charge in [-0.05, 0) is 30.5 Å². The molecule has 1 amide bonds. The molecule has 0 saturated carbocycles. The summed E-state index contributed by atoms with van der Waals surface area (Å²) in [5, 5.41) is 12.4. The Balaban J connectivity index is 2.80. The van der Waals surface area contributed by atoms with Crippen molar-refractivity contribution in [3.05, 3.63) is 33.3 Å². The van der Waals surface area contributed by atoms with Gasteiger partial charge in [-0.1, -0.05) is 41.4 Å². The maximum Gasteiger partial charge on any atom is 0.251 e. The first-order chi connectivity index (χ1) is 8.43. The summed E-state index contributed by atoms with van der Waals surface area (Å²) in [4.78, 5) is 12.1. The fourth-order valence-electron chi connectivity index (χ4n) is 1.65. The first-order valence-electron chi connectivity index (χ1n) is 5.82. The van der Waals surface area contributed by atoms with Crippen LogP contribution in [-0.4, -0.2) is 23.7 Å². The first kappa shape index (κ1) is 15.5. The molecule has 0 aliphatic rings. The summed E-state index contributed by atoms with van der Waals surface area (Å²) in [6, 6.07) is 5.03. The Bertz CT molecular complexity index is 403. The van der Waals surface area contributed by atoms with Gasteiger partial charge in [-0.25, -0.2) is 0 Å². The van der Waals surface area contributed by atoms with Crippen molar-refractivity contribution in [2.24, 2.45) is 5.92 Å². The molecule has 0 heterocycles. The molecule has 0 fully saturated rings. The standard InChI is InChI=1S/C13H17BrClNO2/c1-8(2)12(3-4-17)16-13(18)9-5-10(14)7-11(15)6-9/h5-8,12,17H,3-4H2,1-2H3,(H,16,18). The average Bonchev–Trinajstić information content (AvgIpc) is 2.26. The van der Waals surface area contributed by atoms with Gasteiger partial charge < -0.3 is 10.4 Å². The lowest BCUT2D eigenvalue weighted by Gasteiger charge is -2.21. The second kappa shape index (κ2) is 7.12. The molecule has 1 aromatic rings. The summed E-state index contributed by atoms with van der Waals surface area (Å²) in [7, 11) is 0. The van der Waals surface area contributed by atoms with Crippen LogP contribution in [0.3, 0.4) is 0 Å². The van der Waals surface area contributed by atoms with Gasteiger partial charge in [0.25, 0.3) is 5.91 Å². The highest BCUT2D eigenvalue weighted by atomic mass is 79.9. The van der Waals surface area contributed by atoms with Crippen molar-refractivity contribution in [3.8, 4) is 0 Å². The van der Waals surface area contributed by atoms with E-state index in [1.54, 1.807) is 18.2 Å². The molecule has 0 aliphatic heterocycles. The van der Waals surface area contributed by atoms with Crippen LogP contribution >= 0.6 is 27.5 Å². The number of benzene rings is 1. The summed E-state index contributed by atoms with van der Waals surface area (Å²) in [6.07, 6.45) is 0.547. The molecule has 0 saturated heterocycles. The zero-order valence-corrected chi connectivity index (χ0v) is 12.8. The Hall–Kier alpha value is -0.580. The summed E-state index contributed by atoms with van der Waals surface area (Å²) in [5.41, 5.74) is 0.512. The molecule has 1 unspecified atom stereocenters. The number of halogens is 2. The van der Waals surface area contributed by atoms with Crippen LogP contribution in [0, 0.1) is 5.92 Å². The lowest BCUT2D eigenvalue weighted by Crippen LogP contribution is -2.39. The normalized spacial score (nSPS) is 12.6. The van der Waals surface area contributed by atoms with E-state index in [1.165, 1.54) is 0 Å². The molecule has 1 rings (SSSR count). The average molecular weight is 335 g/mol. The number of aliphatic hydroxyl groups is 1. The zero-order valence-electron chi connectivity index (χ0n) is 10.4. The van der Waals surface area contributed by atoms with Crippen LogP contribution in [-0.2, 0) is 0 Å². The first-order valence-corrected chi connectivity index (χ1v) is 6.99. The molecular weight excluding hydrogens is 318 g/mol. The monoisotopic (exact) mass is 333 g/mol. The van der Waals surface area contributed by atoms with E-state index in [9.17, 15) is 4.79 Å². The molecule has 0 bridgehead atoms. The Morgan fingerprint density at radius 3 is 2.61 bits per heavy atom. The molecule has 1 aromatic carbocycles. The number of rotatable bonds is 5. The van der Waals surface area contributed by atoms with Crippen molar-refractivity contribution in [2.75, 3.05) is 6.61 Å². The molecule has 0 aliphatic carbocycles. The Kier molecular flexibility index (Phi) is 6.12. The summed E-state index contributed by atoms with van der Waals surface area (Å²) in [6.45, 7) is 4.07. The molecule has 18 heavy (non-hydrogen) atoms. The van der Waals surface area contributed by atoms with Gasteiger partial charge in [0.1, 0.15) is 0 Å². The molecule has 0 radical (unpaired) electrons. The number of carbonyl (C=O) groups is 1. The smallest absolute Gasteiger partial charge is 0.251 e. The summed E-state index contributed by atoms with van der Waals surface area (Å²) in [5.74, 6) is 0.0917. The van der Waals surface area contributed by atoms with E-state index < -0.39 is 0 Å². The second-order valence-corrected chi connectivity index (χ2v) is 5.85. The number of amides is 1. The van der Waals surface area contributed by atoms with Crippen LogP contribution in [0.1, 0.15) is 30.6 Å².